The molecule has 0 saturated carbocycles. The third-order valence-corrected chi connectivity index (χ3v) is 6.52. The highest BCUT2D eigenvalue weighted by Gasteiger charge is 2.24. The summed E-state index contributed by atoms with van der Waals surface area (Å²) in [6, 6.07) is 16.6. The molecule has 0 aliphatic rings. The number of H-pyrrole nitrogens is 1. The van der Waals surface area contributed by atoms with Crippen LogP contribution in [0.3, 0.4) is 0 Å². The molecule has 0 spiro atoms. The molecule has 39 heavy (non-hydrogen) atoms. The number of hydrogen-bond acceptors (Lipinski definition) is 5. The molecule has 4 rings (SSSR count). The van der Waals surface area contributed by atoms with Gasteiger partial charge in [-0.05, 0) is 53.8 Å². The van der Waals surface area contributed by atoms with Gasteiger partial charge in [0.15, 0.2) is 0 Å². The Kier molecular flexibility index (Phi) is 8.81. The van der Waals surface area contributed by atoms with Gasteiger partial charge >= 0.3 is 0 Å². The highest BCUT2D eigenvalue weighted by molar-refractivity contribution is 5.98. The van der Waals surface area contributed by atoms with Gasteiger partial charge in [-0.15, -0.1) is 0 Å². The fourth-order valence-electron chi connectivity index (χ4n) is 4.49. The number of nitrogens with zero attached hydrogens (tertiary/aromatic N) is 1. The number of pyridine rings is 1. The summed E-state index contributed by atoms with van der Waals surface area (Å²) in [5, 5.41) is 26.3. The maximum Gasteiger partial charge on any atom is 0.257 e. The van der Waals surface area contributed by atoms with Crippen molar-refractivity contribution in [2.24, 2.45) is 0 Å². The van der Waals surface area contributed by atoms with Gasteiger partial charge < -0.3 is 20.7 Å². The van der Waals surface area contributed by atoms with E-state index in [-0.39, 0.29) is 35.0 Å². The number of hydrogen-bond donors (Lipinski definition) is 4. The van der Waals surface area contributed by atoms with E-state index in [1.165, 1.54) is 17.8 Å². The van der Waals surface area contributed by atoms with Crippen molar-refractivity contribution in [2.75, 3.05) is 6.54 Å². The summed E-state index contributed by atoms with van der Waals surface area (Å²) >= 11 is 0. The number of halogens is 2. The maximum absolute atomic E-state index is 13.9. The number of aliphatic hydroxyl groups is 1. The Morgan fingerprint density at radius 2 is 1.77 bits per heavy atom. The number of aryl methyl sites for hydroxylation is 1. The van der Waals surface area contributed by atoms with E-state index in [0.717, 1.165) is 30.2 Å². The van der Waals surface area contributed by atoms with E-state index in [2.05, 4.69) is 28.6 Å². The molecule has 2 atom stereocenters. The standard InChI is InChI=1S/C30H28F2N4O3/c1-2-18-5-3-6-19(9-18)15-34-17-27(37)26(12-20-10-22(31)13-23(32)11-20)36-30(39)25-16-35-28-21(14-33)7-4-8-24(28)29(25)38/h3-11,13,16,26-27,34,37H,2,12,15,17H2,1H3,(H,35,38)(H,36,39)/t26?,27-/m0/s1. The van der Waals surface area contributed by atoms with E-state index < -0.39 is 35.1 Å². The molecule has 4 aromatic rings. The quantitative estimate of drug-likeness (QED) is 0.249. The number of aliphatic hydroxyl groups excluding tert-OH is 1. The summed E-state index contributed by atoms with van der Waals surface area (Å²) < 4.78 is 27.7. The molecule has 0 aliphatic carbocycles. The lowest BCUT2D eigenvalue weighted by atomic mass is 9.99. The van der Waals surface area contributed by atoms with Crippen molar-refractivity contribution < 1.29 is 18.7 Å². The average Bonchev–Trinajstić information content (AvgIpc) is 2.92. The number of aromatic nitrogens is 1. The summed E-state index contributed by atoms with van der Waals surface area (Å²) in [5.74, 6) is -2.33. The number of amides is 1. The van der Waals surface area contributed by atoms with Crippen LogP contribution in [0, 0.1) is 23.0 Å². The van der Waals surface area contributed by atoms with Crippen LogP contribution in [-0.2, 0) is 19.4 Å². The minimum atomic E-state index is -1.15. The second kappa shape index (κ2) is 12.4. The predicted octanol–water partition coefficient (Wildman–Crippen LogP) is 3.73. The van der Waals surface area contributed by atoms with Crippen LogP contribution in [0.2, 0.25) is 0 Å². The minimum Gasteiger partial charge on any atom is -0.390 e. The summed E-state index contributed by atoms with van der Waals surface area (Å²) in [6.07, 6.45) is 0.865. The number of para-hydroxylation sites is 1. The molecule has 0 aliphatic heterocycles. The lowest BCUT2D eigenvalue weighted by Gasteiger charge is -2.25. The molecule has 7 nitrogen and oxygen atoms in total. The van der Waals surface area contributed by atoms with Crippen molar-refractivity contribution in [1.82, 2.24) is 15.6 Å². The topological polar surface area (TPSA) is 118 Å². The molecule has 200 valence electrons. The van der Waals surface area contributed by atoms with Crippen LogP contribution in [0.25, 0.3) is 10.9 Å². The number of rotatable bonds is 10. The molecule has 0 fully saturated rings. The van der Waals surface area contributed by atoms with Crippen LogP contribution in [0.1, 0.15) is 39.5 Å². The van der Waals surface area contributed by atoms with Gasteiger partial charge in [0.25, 0.3) is 5.91 Å². The zero-order valence-electron chi connectivity index (χ0n) is 21.3. The number of nitriles is 1. The van der Waals surface area contributed by atoms with Crippen LogP contribution in [0.15, 0.2) is 71.7 Å². The number of nitrogens with one attached hydrogen (secondary N) is 3. The van der Waals surface area contributed by atoms with E-state index in [0.29, 0.717) is 12.1 Å². The average molecular weight is 531 g/mol. The summed E-state index contributed by atoms with van der Waals surface area (Å²) in [4.78, 5) is 29.1. The molecule has 0 saturated heterocycles. The third kappa shape index (κ3) is 6.74. The van der Waals surface area contributed by atoms with Gasteiger partial charge in [0, 0.05) is 30.7 Å². The molecule has 9 heteroatoms. The Morgan fingerprint density at radius 1 is 1.05 bits per heavy atom. The van der Waals surface area contributed by atoms with E-state index in [4.69, 9.17) is 0 Å². The first-order valence-electron chi connectivity index (χ1n) is 12.6. The smallest absolute Gasteiger partial charge is 0.257 e. The van der Waals surface area contributed by atoms with Crippen LogP contribution in [0.4, 0.5) is 8.78 Å². The molecule has 0 radical (unpaired) electrons. The first-order chi connectivity index (χ1) is 18.8. The Balaban J connectivity index is 1.55. The van der Waals surface area contributed by atoms with E-state index in [1.54, 1.807) is 12.1 Å². The molecule has 1 amide bonds. The number of benzene rings is 3. The monoisotopic (exact) mass is 530 g/mol. The van der Waals surface area contributed by atoms with Gasteiger partial charge in [0.2, 0.25) is 5.43 Å². The highest BCUT2D eigenvalue weighted by Crippen LogP contribution is 2.15. The first kappa shape index (κ1) is 27.6. The van der Waals surface area contributed by atoms with Crippen LogP contribution in [-0.4, -0.2) is 34.7 Å². The van der Waals surface area contributed by atoms with Crippen molar-refractivity contribution in [3.8, 4) is 6.07 Å². The van der Waals surface area contributed by atoms with Crippen molar-refractivity contribution >= 4 is 16.8 Å². The molecule has 4 N–H and O–H groups in total. The number of carbonyl (C=O) groups excluding carboxylic acids is 1. The summed E-state index contributed by atoms with van der Waals surface area (Å²) in [6.45, 7) is 2.59. The van der Waals surface area contributed by atoms with Crippen LogP contribution < -0.4 is 16.1 Å². The van der Waals surface area contributed by atoms with Gasteiger partial charge in [0.05, 0.1) is 23.2 Å². The zero-order valence-corrected chi connectivity index (χ0v) is 21.3. The summed E-state index contributed by atoms with van der Waals surface area (Å²) in [7, 11) is 0. The Morgan fingerprint density at radius 3 is 2.49 bits per heavy atom. The van der Waals surface area contributed by atoms with Gasteiger partial charge in [-0.2, -0.15) is 5.26 Å². The fraction of sp³-hybridized carbons (Fsp3) is 0.233. The molecule has 0 bridgehead atoms. The van der Waals surface area contributed by atoms with Crippen molar-refractivity contribution in [1.29, 1.82) is 5.26 Å². The molecular weight excluding hydrogens is 502 g/mol. The molecule has 1 heterocycles. The zero-order chi connectivity index (χ0) is 27.9. The van der Waals surface area contributed by atoms with E-state index >= 15 is 0 Å². The molecular formula is C30H28F2N4O3. The normalized spacial score (nSPS) is 12.6. The van der Waals surface area contributed by atoms with Crippen molar-refractivity contribution in [3.05, 3.63) is 117 Å². The lowest BCUT2D eigenvalue weighted by molar-refractivity contribution is 0.0828. The van der Waals surface area contributed by atoms with Gasteiger partial charge in [-0.25, -0.2) is 8.78 Å². The Labute approximate surface area is 224 Å². The Hall–Kier alpha value is -4.39. The van der Waals surface area contributed by atoms with E-state index in [1.807, 2.05) is 24.3 Å². The largest absolute Gasteiger partial charge is 0.390 e. The van der Waals surface area contributed by atoms with Crippen molar-refractivity contribution in [2.45, 2.75) is 38.5 Å². The van der Waals surface area contributed by atoms with Gasteiger partial charge in [0.1, 0.15) is 23.3 Å². The SMILES string of the molecule is CCc1cccc(CNC[C@H](O)C(Cc2cc(F)cc(F)c2)NC(=O)c2c[nH]c3c(C#N)cccc3c2=O)c1. The highest BCUT2D eigenvalue weighted by atomic mass is 19.1. The van der Waals surface area contributed by atoms with Crippen LogP contribution in [0.5, 0.6) is 0 Å². The fourth-order valence-corrected chi connectivity index (χ4v) is 4.49. The second-order valence-electron chi connectivity index (χ2n) is 9.30. The summed E-state index contributed by atoms with van der Waals surface area (Å²) in [5.41, 5.74) is 2.20. The number of fused-ring (bicyclic) bond motifs is 1. The van der Waals surface area contributed by atoms with Gasteiger partial charge in [-0.3, -0.25) is 9.59 Å². The molecule has 3 aromatic carbocycles. The lowest BCUT2D eigenvalue weighted by Crippen LogP contribution is -2.49. The Bertz CT molecular complexity index is 1580. The molecule has 1 unspecified atom stereocenters. The van der Waals surface area contributed by atoms with Gasteiger partial charge in [-0.1, -0.05) is 37.3 Å². The second-order valence-corrected chi connectivity index (χ2v) is 9.30. The third-order valence-electron chi connectivity index (χ3n) is 6.52. The maximum atomic E-state index is 13.9. The number of carbonyl (C=O) groups is 1. The van der Waals surface area contributed by atoms with Crippen LogP contribution >= 0.6 is 0 Å². The first-order valence-corrected chi connectivity index (χ1v) is 12.6. The number of aromatic amines is 1. The predicted molar refractivity (Wildman–Crippen MR) is 144 cm³/mol. The molecule has 1 aromatic heterocycles. The minimum absolute atomic E-state index is 0.0682. The van der Waals surface area contributed by atoms with E-state index in [9.17, 15) is 28.7 Å². The van der Waals surface area contributed by atoms with Crippen molar-refractivity contribution in [3.63, 3.8) is 0 Å².